The molecule has 0 spiro atoms. The monoisotopic (exact) mass is 358 g/mol. The molecule has 2 aromatic heterocycles. The molecular formula is C18H22N4O4. The van der Waals surface area contributed by atoms with Gasteiger partial charge in [0.05, 0.1) is 11.4 Å². The van der Waals surface area contributed by atoms with Crippen molar-refractivity contribution in [3.8, 4) is 11.5 Å². The van der Waals surface area contributed by atoms with Crippen molar-refractivity contribution in [1.29, 1.82) is 0 Å². The van der Waals surface area contributed by atoms with Crippen LogP contribution in [-0.2, 0) is 13.1 Å². The number of hydrogen-bond acceptors (Lipinski definition) is 8. The molecule has 2 heterocycles. The van der Waals surface area contributed by atoms with Gasteiger partial charge in [-0.25, -0.2) is 0 Å². The van der Waals surface area contributed by atoms with E-state index in [9.17, 15) is 19.8 Å². The third-order valence-corrected chi connectivity index (χ3v) is 4.08. The van der Waals surface area contributed by atoms with Gasteiger partial charge >= 0.3 is 0 Å². The van der Waals surface area contributed by atoms with Crippen molar-refractivity contribution in [1.82, 2.24) is 20.6 Å². The first-order valence-corrected chi connectivity index (χ1v) is 8.16. The van der Waals surface area contributed by atoms with E-state index in [-0.39, 0.29) is 11.5 Å². The second kappa shape index (κ2) is 9.02. The Kier molecular flexibility index (Phi) is 6.76. The van der Waals surface area contributed by atoms with Gasteiger partial charge in [0.25, 0.3) is 0 Å². The van der Waals surface area contributed by atoms with Crippen molar-refractivity contribution in [2.75, 3.05) is 13.1 Å². The van der Waals surface area contributed by atoms with Gasteiger partial charge in [0.2, 0.25) is 0 Å². The number of pyridine rings is 2. The molecule has 0 aliphatic rings. The number of hydrogen-bond donors (Lipinski definition) is 4. The number of aromatic hydroxyl groups is 2. The lowest BCUT2D eigenvalue weighted by atomic mass is 10.1. The SMILES string of the molecule is Cc1ncc(C=O)c(CNCCNCc2c(C=O)cnc(C)c2O)c1O. The molecule has 26 heavy (non-hydrogen) atoms. The second-order valence-electron chi connectivity index (χ2n) is 5.84. The summed E-state index contributed by atoms with van der Waals surface area (Å²) in [6.07, 6.45) is 4.20. The summed E-state index contributed by atoms with van der Waals surface area (Å²) in [7, 11) is 0. The van der Waals surface area contributed by atoms with Gasteiger partial charge in [0.1, 0.15) is 11.5 Å². The molecule has 0 amide bonds. The highest BCUT2D eigenvalue weighted by atomic mass is 16.3. The van der Waals surface area contributed by atoms with Crippen LogP contribution in [0.1, 0.15) is 43.2 Å². The first kappa shape index (κ1) is 19.5. The number of aldehydes is 2. The Hall–Kier alpha value is -2.84. The molecule has 8 heteroatoms. The summed E-state index contributed by atoms with van der Waals surface area (Å²) in [5.74, 6) is 0.0331. The molecule has 0 aliphatic heterocycles. The minimum absolute atomic E-state index is 0.0165. The van der Waals surface area contributed by atoms with E-state index < -0.39 is 0 Å². The van der Waals surface area contributed by atoms with E-state index in [1.165, 1.54) is 12.4 Å². The standard InChI is InChI=1S/C18H22N4O4/c1-11-17(25)15(13(9-23)5-21-11)7-19-3-4-20-8-16-14(10-24)6-22-12(2)18(16)26/h5-6,9-10,19-20,25-26H,3-4,7-8H2,1-2H3. The van der Waals surface area contributed by atoms with Crippen LogP contribution in [0.4, 0.5) is 0 Å². The van der Waals surface area contributed by atoms with Gasteiger partial charge in [-0.3, -0.25) is 19.6 Å². The maximum absolute atomic E-state index is 11.1. The minimum Gasteiger partial charge on any atom is -0.506 e. The highest BCUT2D eigenvalue weighted by molar-refractivity contribution is 5.78. The first-order valence-electron chi connectivity index (χ1n) is 8.16. The quantitative estimate of drug-likeness (QED) is 0.387. The van der Waals surface area contributed by atoms with Crippen molar-refractivity contribution in [3.05, 3.63) is 46.0 Å². The summed E-state index contributed by atoms with van der Waals surface area (Å²) in [5.41, 5.74) is 2.66. The third kappa shape index (κ3) is 4.41. The Balaban J connectivity index is 1.86. The van der Waals surface area contributed by atoms with Gasteiger partial charge in [-0.05, 0) is 13.8 Å². The number of nitrogens with zero attached hydrogens (tertiary/aromatic N) is 2. The average molecular weight is 358 g/mol. The molecule has 138 valence electrons. The Morgan fingerprint density at radius 1 is 0.846 bits per heavy atom. The van der Waals surface area contributed by atoms with Gasteiger partial charge in [0, 0.05) is 60.8 Å². The van der Waals surface area contributed by atoms with Crippen molar-refractivity contribution < 1.29 is 19.8 Å². The van der Waals surface area contributed by atoms with Crippen molar-refractivity contribution in [2.45, 2.75) is 26.9 Å². The summed E-state index contributed by atoms with van der Waals surface area (Å²) in [6, 6.07) is 0. The Labute approximate surface area is 151 Å². The van der Waals surface area contributed by atoms with Crippen molar-refractivity contribution in [2.24, 2.45) is 0 Å². The number of carbonyl (C=O) groups is 2. The molecule has 2 aromatic rings. The third-order valence-electron chi connectivity index (χ3n) is 4.08. The molecule has 0 bridgehead atoms. The van der Waals surface area contributed by atoms with E-state index in [1.54, 1.807) is 13.8 Å². The topological polar surface area (TPSA) is 124 Å². The zero-order valence-corrected chi connectivity index (χ0v) is 14.7. The highest BCUT2D eigenvalue weighted by Gasteiger charge is 2.12. The maximum atomic E-state index is 11.1. The number of rotatable bonds is 9. The van der Waals surface area contributed by atoms with Crippen LogP contribution >= 0.6 is 0 Å². The van der Waals surface area contributed by atoms with Crippen LogP contribution in [0.25, 0.3) is 0 Å². The number of aromatic nitrogens is 2. The van der Waals surface area contributed by atoms with Crippen molar-refractivity contribution >= 4 is 12.6 Å². The predicted octanol–water partition coefficient (Wildman–Crippen LogP) is 1.01. The summed E-state index contributed by atoms with van der Waals surface area (Å²) in [5, 5.41) is 26.3. The van der Waals surface area contributed by atoms with E-state index in [0.717, 1.165) is 0 Å². The molecule has 0 fully saturated rings. The Morgan fingerprint density at radius 3 is 1.58 bits per heavy atom. The molecule has 2 rings (SSSR count). The Bertz CT molecular complexity index is 741. The molecular weight excluding hydrogens is 336 g/mol. The molecule has 0 aromatic carbocycles. The lowest BCUT2D eigenvalue weighted by molar-refractivity contribution is 0.111. The molecule has 0 saturated heterocycles. The van der Waals surface area contributed by atoms with Crippen LogP contribution in [0, 0.1) is 13.8 Å². The summed E-state index contributed by atoms with van der Waals surface area (Å²) in [6.45, 7) is 5.10. The average Bonchev–Trinajstić information content (AvgIpc) is 2.64. The largest absolute Gasteiger partial charge is 0.506 e. The Morgan fingerprint density at radius 2 is 1.23 bits per heavy atom. The number of aryl methyl sites for hydroxylation is 2. The zero-order chi connectivity index (χ0) is 19.1. The lowest BCUT2D eigenvalue weighted by Gasteiger charge is -2.12. The summed E-state index contributed by atoms with van der Waals surface area (Å²) >= 11 is 0. The normalized spacial score (nSPS) is 10.7. The molecule has 0 aliphatic carbocycles. The van der Waals surface area contributed by atoms with E-state index in [1.807, 2.05) is 0 Å². The van der Waals surface area contributed by atoms with Crippen LogP contribution < -0.4 is 10.6 Å². The molecule has 0 unspecified atom stereocenters. The van der Waals surface area contributed by atoms with Crippen LogP contribution in [0.5, 0.6) is 11.5 Å². The minimum atomic E-state index is 0.0165. The van der Waals surface area contributed by atoms with Crippen LogP contribution in [0.2, 0.25) is 0 Å². The van der Waals surface area contributed by atoms with Crippen molar-refractivity contribution in [3.63, 3.8) is 0 Å². The molecule has 8 nitrogen and oxygen atoms in total. The summed E-state index contributed by atoms with van der Waals surface area (Å²) < 4.78 is 0. The molecule has 4 N–H and O–H groups in total. The predicted molar refractivity (Wildman–Crippen MR) is 95.5 cm³/mol. The van der Waals surface area contributed by atoms with E-state index in [4.69, 9.17) is 0 Å². The molecule has 0 atom stereocenters. The van der Waals surface area contributed by atoms with Gasteiger partial charge in [-0.2, -0.15) is 0 Å². The number of nitrogens with one attached hydrogen (secondary N) is 2. The van der Waals surface area contributed by atoms with E-state index in [2.05, 4.69) is 20.6 Å². The second-order valence-corrected chi connectivity index (χ2v) is 5.84. The van der Waals surface area contributed by atoms with Crippen LogP contribution in [-0.4, -0.2) is 45.8 Å². The fourth-order valence-electron chi connectivity index (χ4n) is 2.50. The van der Waals surface area contributed by atoms with Gasteiger partial charge in [-0.15, -0.1) is 0 Å². The summed E-state index contributed by atoms with van der Waals surface area (Å²) in [4.78, 5) is 30.0. The van der Waals surface area contributed by atoms with Gasteiger partial charge in [0.15, 0.2) is 12.6 Å². The molecule has 0 saturated carbocycles. The smallest absolute Gasteiger partial charge is 0.152 e. The van der Waals surface area contributed by atoms with Crippen LogP contribution in [0.15, 0.2) is 12.4 Å². The van der Waals surface area contributed by atoms with E-state index in [0.29, 0.717) is 72.4 Å². The van der Waals surface area contributed by atoms with Crippen LogP contribution in [0.3, 0.4) is 0 Å². The number of carbonyl (C=O) groups excluding carboxylic acids is 2. The fraction of sp³-hybridized carbons (Fsp3) is 0.333. The van der Waals surface area contributed by atoms with Gasteiger partial charge < -0.3 is 20.8 Å². The zero-order valence-electron chi connectivity index (χ0n) is 14.7. The van der Waals surface area contributed by atoms with Gasteiger partial charge in [-0.1, -0.05) is 0 Å². The molecule has 0 radical (unpaired) electrons. The highest BCUT2D eigenvalue weighted by Crippen LogP contribution is 2.23. The maximum Gasteiger partial charge on any atom is 0.152 e. The fourth-order valence-corrected chi connectivity index (χ4v) is 2.50. The lowest BCUT2D eigenvalue weighted by Crippen LogP contribution is -2.27. The first-order chi connectivity index (χ1) is 12.5. The van der Waals surface area contributed by atoms with E-state index >= 15 is 0 Å².